The Morgan fingerprint density at radius 2 is 1.84 bits per heavy atom. The quantitative estimate of drug-likeness (QED) is 0.548. The van der Waals surface area contributed by atoms with Crippen molar-refractivity contribution in [2.45, 2.75) is 31.7 Å². The molecule has 1 unspecified atom stereocenters. The second-order valence-electron chi connectivity index (χ2n) is 7.60. The zero-order valence-corrected chi connectivity index (χ0v) is 18.4. The fraction of sp³-hybridized carbons (Fsp3) is 0.375. The summed E-state index contributed by atoms with van der Waals surface area (Å²) in [5, 5.41) is 0.891. The summed E-state index contributed by atoms with van der Waals surface area (Å²) in [6.45, 7) is 3.99. The summed E-state index contributed by atoms with van der Waals surface area (Å²) in [6, 6.07) is 13.4. The minimum absolute atomic E-state index is 0.152. The maximum absolute atomic E-state index is 14.5. The number of aromatic nitrogens is 1. The van der Waals surface area contributed by atoms with Crippen molar-refractivity contribution in [2.24, 2.45) is 0 Å². The molecule has 31 heavy (non-hydrogen) atoms. The third-order valence-corrected chi connectivity index (χ3v) is 5.62. The molecular formula is C24H28FNO5. The van der Waals surface area contributed by atoms with E-state index in [0.717, 1.165) is 16.5 Å². The van der Waals surface area contributed by atoms with Gasteiger partial charge in [0, 0.05) is 39.0 Å². The maximum atomic E-state index is 14.5. The van der Waals surface area contributed by atoms with E-state index < -0.39 is 17.5 Å². The SMILES string of the molecule is COC[C@H](OC)[C@](C)(OC)c1cc(F)cc(OC(C)c2ccc3[nH]c(=O)ccc3c2)c1. The maximum Gasteiger partial charge on any atom is 0.248 e. The van der Waals surface area contributed by atoms with Gasteiger partial charge in [-0.15, -0.1) is 0 Å². The lowest BCUT2D eigenvalue weighted by Gasteiger charge is -2.36. The van der Waals surface area contributed by atoms with E-state index in [2.05, 4.69) is 4.98 Å². The van der Waals surface area contributed by atoms with Gasteiger partial charge in [-0.25, -0.2) is 4.39 Å². The molecule has 7 heteroatoms. The van der Waals surface area contributed by atoms with Crippen LogP contribution < -0.4 is 10.3 Å². The van der Waals surface area contributed by atoms with Crippen LogP contribution in [0.3, 0.4) is 0 Å². The second-order valence-corrected chi connectivity index (χ2v) is 7.60. The molecule has 0 bridgehead atoms. The molecule has 0 aliphatic rings. The van der Waals surface area contributed by atoms with Gasteiger partial charge in [-0.3, -0.25) is 4.79 Å². The van der Waals surface area contributed by atoms with E-state index >= 15 is 0 Å². The third-order valence-electron chi connectivity index (χ3n) is 5.62. The number of ether oxygens (including phenoxy) is 4. The lowest BCUT2D eigenvalue weighted by atomic mass is 9.89. The smallest absolute Gasteiger partial charge is 0.248 e. The van der Waals surface area contributed by atoms with Crippen LogP contribution in [0.4, 0.5) is 4.39 Å². The van der Waals surface area contributed by atoms with E-state index in [9.17, 15) is 9.18 Å². The minimum atomic E-state index is -0.941. The first-order valence-electron chi connectivity index (χ1n) is 9.98. The van der Waals surface area contributed by atoms with Crippen molar-refractivity contribution in [2.75, 3.05) is 27.9 Å². The fourth-order valence-electron chi connectivity index (χ4n) is 3.65. The molecule has 0 saturated carbocycles. The Hall–Kier alpha value is -2.74. The first-order valence-corrected chi connectivity index (χ1v) is 9.98. The minimum Gasteiger partial charge on any atom is -0.486 e. The van der Waals surface area contributed by atoms with Crippen LogP contribution in [-0.2, 0) is 19.8 Å². The van der Waals surface area contributed by atoms with Gasteiger partial charge in [0.05, 0.1) is 6.61 Å². The van der Waals surface area contributed by atoms with Crippen molar-refractivity contribution in [1.29, 1.82) is 0 Å². The van der Waals surface area contributed by atoms with Crippen LogP contribution in [0.25, 0.3) is 10.9 Å². The normalized spacial score (nSPS) is 15.4. The predicted molar refractivity (Wildman–Crippen MR) is 117 cm³/mol. The van der Waals surface area contributed by atoms with Crippen molar-refractivity contribution in [1.82, 2.24) is 4.98 Å². The van der Waals surface area contributed by atoms with Gasteiger partial charge in [-0.05, 0) is 60.7 Å². The predicted octanol–water partition coefficient (Wildman–Crippen LogP) is 4.33. The van der Waals surface area contributed by atoms with Gasteiger partial charge in [-0.2, -0.15) is 0 Å². The van der Waals surface area contributed by atoms with Crippen molar-refractivity contribution in [3.8, 4) is 5.75 Å². The van der Waals surface area contributed by atoms with Crippen LogP contribution in [0, 0.1) is 5.82 Å². The van der Waals surface area contributed by atoms with Crippen LogP contribution >= 0.6 is 0 Å². The van der Waals surface area contributed by atoms with E-state index in [4.69, 9.17) is 18.9 Å². The molecule has 1 heterocycles. The number of rotatable bonds is 9. The van der Waals surface area contributed by atoms with Gasteiger partial charge >= 0.3 is 0 Å². The van der Waals surface area contributed by atoms with Gasteiger partial charge in [0.2, 0.25) is 5.56 Å². The van der Waals surface area contributed by atoms with Crippen LogP contribution in [0.1, 0.15) is 31.1 Å². The summed E-state index contributed by atoms with van der Waals surface area (Å²) >= 11 is 0. The van der Waals surface area contributed by atoms with Crippen LogP contribution in [0.2, 0.25) is 0 Å². The summed E-state index contributed by atoms with van der Waals surface area (Å²) < 4.78 is 37.1. The number of halogens is 1. The Morgan fingerprint density at radius 3 is 2.52 bits per heavy atom. The number of fused-ring (bicyclic) bond motifs is 1. The molecular weight excluding hydrogens is 401 g/mol. The Bertz CT molecular complexity index is 1100. The summed E-state index contributed by atoms with van der Waals surface area (Å²) in [6.07, 6.45) is -0.797. The van der Waals surface area contributed by atoms with E-state index in [-0.39, 0.29) is 18.3 Å². The van der Waals surface area contributed by atoms with Crippen LogP contribution in [0.5, 0.6) is 5.75 Å². The fourth-order valence-corrected chi connectivity index (χ4v) is 3.65. The average molecular weight is 429 g/mol. The van der Waals surface area contributed by atoms with Gasteiger partial charge in [0.15, 0.2) is 0 Å². The molecule has 0 fully saturated rings. The molecule has 0 saturated heterocycles. The highest BCUT2D eigenvalue weighted by atomic mass is 19.1. The Balaban J connectivity index is 1.90. The highest BCUT2D eigenvalue weighted by Gasteiger charge is 2.37. The van der Waals surface area contributed by atoms with E-state index in [1.54, 1.807) is 33.5 Å². The number of benzene rings is 2. The molecule has 3 aromatic rings. The number of hydrogen-bond donors (Lipinski definition) is 1. The van der Waals surface area contributed by atoms with Gasteiger partial charge < -0.3 is 23.9 Å². The molecule has 6 nitrogen and oxygen atoms in total. The van der Waals surface area contributed by atoms with Gasteiger partial charge in [-0.1, -0.05) is 6.07 Å². The van der Waals surface area contributed by atoms with E-state index in [1.165, 1.54) is 18.2 Å². The highest BCUT2D eigenvalue weighted by Crippen LogP contribution is 2.35. The van der Waals surface area contributed by atoms with Crippen molar-refractivity contribution >= 4 is 10.9 Å². The number of hydrogen-bond acceptors (Lipinski definition) is 5. The topological polar surface area (TPSA) is 69.8 Å². The third kappa shape index (κ3) is 4.95. The largest absolute Gasteiger partial charge is 0.486 e. The molecule has 0 radical (unpaired) electrons. The van der Waals surface area contributed by atoms with Crippen molar-refractivity contribution < 1.29 is 23.3 Å². The number of pyridine rings is 1. The van der Waals surface area contributed by atoms with Crippen LogP contribution in [-0.4, -0.2) is 39.0 Å². The first-order chi connectivity index (χ1) is 14.8. The molecule has 0 spiro atoms. The zero-order valence-electron chi connectivity index (χ0n) is 18.4. The summed E-state index contributed by atoms with van der Waals surface area (Å²) in [5.74, 6) is -0.0639. The number of aromatic amines is 1. The molecule has 1 N–H and O–H groups in total. The Labute approximate surface area is 180 Å². The van der Waals surface area contributed by atoms with E-state index in [0.29, 0.717) is 11.3 Å². The first kappa shape index (κ1) is 22.9. The number of methoxy groups -OCH3 is 3. The molecule has 3 atom stereocenters. The Kier molecular flexibility index (Phi) is 7.10. The van der Waals surface area contributed by atoms with Gasteiger partial charge in [0.1, 0.15) is 29.4 Å². The lowest BCUT2D eigenvalue weighted by molar-refractivity contribution is -0.133. The molecule has 2 aromatic carbocycles. The molecule has 3 rings (SSSR count). The standard InChI is InChI=1S/C24H28FNO5/c1-15(16-6-8-21-17(10-16)7-9-23(27)26-21)31-20-12-18(11-19(25)13-20)24(2,30-5)22(29-4)14-28-3/h6-13,15,22H,14H2,1-5H3,(H,26,27)/t15?,22-,24+/m0/s1. The average Bonchev–Trinajstić information content (AvgIpc) is 2.76. The summed E-state index contributed by atoms with van der Waals surface area (Å²) in [5.41, 5.74) is 1.13. The van der Waals surface area contributed by atoms with Crippen molar-refractivity contribution in [3.63, 3.8) is 0 Å². The second kappa shape index (κ2) is 9.60. The number of H-pyrrole nitrogens is 1. The molecule has 166 valence electrons. The summed E-state index contributed by atoms with van der Waals surface area (Å²) in [4.78, 5) is 14.3. The Morgan fingerprint density at radius 1 is 1.06 bits per heavy atom. The van der Waals surface area contributed by atoms with Crippen molar-refractivity contribution in [3.05, 3.63) is 75.8 Å². The van der Waals surface area contributed by atoms with Crippen LogP contribution in [0.15, 0.2) is 53.3 Å². The lowest BCUT2D eigenvalue weighted by Crippen LogP contribution is -2.42. The van der Waals surface area contributed by atoms with Gasteiger partial charge in [0.25, 0.3) is 0 Å². The zero-order chi connectivity index (χ0) is 22.6. The highest BCUT2D eigenvalue weighted by molar-refractivity contribution is 5.79. The summed E-state index contributed by atoms with van der Waals surface area (Å²) in [7, 11) is 4.69. The number of nitrogens with one attached hydrogen (secondary N) is 1. The monoisotopic (exact) mass is 429 g/mol. The molecule has 1 aromatic heterocycles. The molecule has 0 aliphatic heterocycles. The molecule has 0 aliphatic carbocycles. The molecule has 0 amide bonds. The van der Waals surface area contributed by atoms with E-state index in [1.807, 2.05) is 32.0 Å².